The summed E-state index contributed by atoms with van der Waals surface area (Å²) in [4.78, 5) is 4.76. The Hall–Kier alpha value is -0.970. The van der Waals surface area contributed by atoms with Gasteiger partial charge in [-0.2, -0.15) is 0 Å². The molecule has 0 spiro atoms. The highest BCUT2D eigenvalue weighted by Crippen LogP contribution is 2.24. The third kappa shape index (κ3) is 2.88. The Morgan fingerprint density at radius 1 is 1.33 bits per heavy atom. The van der Waals surface area contributed by atoms with Crippen molar-refractivity contribution in [3.63, 3.8) is 0 Å². The van der Waals surface area contributed by atoms with Gasteiger partial charge in [0.1, 0.15) is 5.82 Å². The lowest BCUT2D eigenvalue weighted by Gasteiger charge is -2.42. The van der Waals surface area contributed by atoms with Gasteiger partial charge >= 0.3 is 0 Å². The van der Waals surface area contributed by atoms with E-state index in [0.717, 1.165) is 25.2 Å². The second kappa shape index (κ2) is 5.78. The molecule has 1 aromatic carbocycles. The molecule has 0 aromatic heterocycles. The van der Waals surface area contributed by atoms with Crippen LogP contribution < -0.4 is 5.73 Å². The lowest BCUT2D eigenvalue weighted by molar-refractivity contribution is 0.0635. The highest BCUT2D eigenvalue weighted by molar-refractivity contribution is 5.21. The number of hydrogen-bond donors (Lipinski definition) is 1. The Labute approximate surface area is 108 Å². The first-order chi connectivity index (χ1) is 8.61. The van der Waals surface area contributed by atoms with Crippen LogP contribution in [0.25, 0.3) is 0 Å². The number of likely N-dealkylation sites (N-methyl/N-ethyl adjacent to an activating group) is 1. The van der Waals surface area contributed by atoms with Gasteiger partial charge < -0.3 is 10.6 Å². The molecule has 2 atom stereocenters. The molecule has 0 bridgehead atoms. The van der Waals surface area contributed by atoms with Crippen LogP contribution in [-0.4, -0.2) is 49.1 Å². The topological polar surface area (TPSA) is 32.5 Å². The molecule has 1 saturated heterocycles. The van der Waals surface area contributed by atoms with Crippen LogP contribution in [-0.2, 0) is 0 Å². The maximum atomic E-state index is 13.0. The molecule has 1 aliphatic rings. The molecule has 100 valence electrons. The fraction of sp³-hybridized carbons (Fsp3) is 0.571. The van der Waals surface area contributed by atoms with Crippen molar-refractivity contribution in [2.75, 3.05) is 33.2 Å². The molecule has 0 radical (unpaired) electrons. The van der Waals surface area contributed by atoms with Crippen molar-refractivity contribution in [1.29, 1.82) is 0 Å². The Morgan fingerprint density at radius 3 is 2.56 bits per heavy atom. The quantitative estimate of drug-likeness (QED) is 0.883. The molecule has 3 nitrogen and oxygen atoms in total. The number of benzene rings is 1. The van der Waals surface area contributed by atoms with E-state index in [1.54, 1.807) is 0 Å². The van der Waals surface area contributed by atoms with Crippen molar-refractivity contribution in [3.8, 4) is 0 Å². The Morgan fingerprint density at radius 2 is 2.00 bits per heavy atom. The molecule has 1 aromatic rings. The van der Waals surface area contributed by atoms with Crippen molar-refractivity contribution in [2.45, 2.75) is 19.0 Å². The fourth-order valence-corrected chi connectivity index (χ4v) is 2.76. The average Bonchev–Trinajstić information content (AvgIpc) is 2.35. The zero-order valence-electron chi connectivity index (χ0n) is 11.1. The van der Waals surface area contributed by atoms with E-state index in [-0.39, 0.29) is 11.9 Å². The number of nitrogens with two attached hydrogens (primary N) is 1. The fourth-order valence-electron chi connectivity index (χ4n) is 2.76. The van der Waals surface area contributed by atoms with Crippen molar-refractivity contribution >= 4 is 0 Å². The molecule has 4 heteroatoms. The Bertz CT molecular complexity index is 379. The van der Waals surface area contributed by atoms with Crippen LogP contribution in [0.5, 0.6) is 0 Å². The van der Waals surface area contributed by atoms with E-state index < -0.39 is 0 Å². The first-order valence-electron chi connectivity index (χ1n) is 6.51. The number of piperazine rings is 1. The molecular formula is C14H22FN3. The van der Waals surface area contributed by atoms with Gasteiger partial charge in [0.05, 0.1) is 0 Å². The van der Waals surface area contributed by atoms with E-state index in [9.17, 15) is 4.39 Å². The first-order valence-corrected chi connectivity index (χ1v) is 6.51. The molecule has 2 N–H and O–H groups in total. The first kappa shape index (κ1) is 13.5. The van der Waals surface area contributed by atoms with Crippen molar-refractivity contribution in [1.82, 2.24) is 9.80 Å². The Kier molecular flexibility index (Phi) is 4.32. The molecule has 0 amide bonds. The number of halogens is 1. The van der Waals surface area contributed by atoms with Crippen LogP contribution in [0.1, 0.15) is 18.5 Å². The normalized spacial score (nSPS) is 24.1. The second-order valence-corrected chi connectivity index (χ2v) is 5.15. The zero-order valence-corrected chi connectivity index (χ0v) is 11.1. The second-order valence-electron chi connectivity index (χ2n) is 5.15. The Balaban J connectivity index is 2.15. The van der Waals surface area contributed by atoms with Crippen molar-refractivity contribution < 1.29 is 4.39 Å². The van der Waals surface area contributed by atoms with E-state index in [4.69, 9.17) is 5.73 Å². The van der Waals surface area contributed by atoms with Gasteiger partial charge in [0.2, 0.25) is 0 Å². The molecular weight excluding hydrogens is 229 g/mol. The van der Waals surface area contributed by atoms with Crippen LogP contribution in [0.15, 0.2) is 24.3 Å². The van der Waals surface area contributed by atoms with Crippen molar-refractivity contribution in [2.24, 2.45) is 5.73 Å². The zero-order chi connectivity index (χ0) is 13.1. The predicted molar refractivity (Wildman–Crippen MR) is 71.9 cm³/mol. The maximum absolute atomic E-state index is 13.0. The summed E-state index contributed by atoms with van der Waals surface area (Å²) in [5, 5.41) is 0. The predicted octanol–water partition coefficient (Wildman–Crippen LogP) is 1.46. The molecule has 2 unspecified atom stereocenters. The number of rotatable bonds is 3. The van der Waals surface area contributed by atoms with Gasteiger partial charge in [0, 0.05) is 38.3 Å². The van der Waals surface area contributed by atoms with Crippen LogP contribution >= 0.6 is 0 Å². The maximum Gasteiger partial charge on any atom is 0.123 e. The van der Waals surface area contributed by atoms with E-state index in [2.05, 4.69) is 23.8 Å². The molecule has 1 heterocycles. The van der Waals surface area contributed by atoms with Crippen molar-refractivity contribution in [3.05, 3.63) is 35.6 Å². The van der Waals surface area contributed by atoms with E-state index in [1.807, 2.05) is 12.1 Å². The molecule has 1 aliphatic heterocycles. The summed E-state index contributed by atoms with van der Waals surface area (Å²) in [6.07, 6.45) is 0. The van der Waals surface area contributed by atoms with Gasteiger partial charge in [-0.3, -0.25) is 4.90 Å². The summed E-state index contributed by atoms with van der Waals surface area (Å²) >= 11 is 0. The summed E-state index contributed by atoms with van der Waals surface area (Å²) in [6, 6.07) is 7.38. The molecule has 2 rings (SSSR count). The largest absolute Gasteiger partial charge is 0.329 e. The lowest BCUT2D eigenvalue weighted by atomic mass is 10.0. The highest BCUT2D eigenvalue weighted by Gasteiger charge is 2.28. The van der Waals surface area contributed by atoms with Gasteiger partial charge in [0.15, 0.2) is 0 Å². The minimum Gasteiger partial charge on any atom is -0.329 e. The third-order valence-corrected chi connectivity index (χ3v) is 3.76. The van der Waals surface area contributed by atoms with Crippen LogP contribution in [0.3, 0.4) is 0 Å². The van der Waals surface area contributed by atoms with Crippen LogP contribution in [0.2, 0.25) is 0 Å². The van der Waals surface area contributed by atoms with E-state index in [1.165, 1.54) is 12.1 Å². The molecule has 18 heavy (non-hydrogen) atoms. The van der Waals surface area contributed by atoms with E-state index >= 15 is 0 Å². The van der Waals surface area contributed by atoms with Gasteiger partial charge in [-0.05, 0) is 31.7 Å². The molecule has 1 fully saturated rings. The minimum absolute atomic E-state index is 0.189. The minimum atomic E-state index is -0.194. The SMILES string of the molecule is CC1CN(C)CCN1C(CN)c1ccc(F)cc1. The van der Waals surface area contributed by atoms with Crippen LogP contribution in [0.4, 0.5) is 4.39 Å². The smallest absolute Gasteiger partial charge is 0.123 e. The number of hydrogen-bond acceptors (Lipinski definition) is 3. The molecule has 0 aliphatic carbocycles. The van der Waals surface area contributed by atoms with Gasteiger partial charge in [-0.1, -0.05) is 12.1 Å². The van der Waals surface area contributed by atoms with Gasteiger partial charge in [-0.15, -0.1) is 0 Å². The van der Waals surface area contributed by atoms with Gasteiger partial charge in [-0.25, -0.2) is 4.39 Å². The average molecular weight is 251 g/mol. The van der Waals surface area contributed by atoms with Crippen LogP contribution in [0, 0.1) is 5.82 Å². The summed E-state index contributed by atoms with van der Waals surface area (Å²) in [6.45, 7) is 5.91. The summed E-state index contributed by atoms with van der Waals surface area (Å²) in [5.41, 5.74) is 7.03. The number of nitrogens with zero attached hydrogens (tertiary/aromatic N) is 2. The summed E-state index contributed by atoms with van der Waals surface area (Å²) < 4.78 is 13.0. The standard InChI is InChI=1S/C14H22FN3/c1-11-10-17(2)7-8-18(11)14(9-16)12-3-5-13(15)6-4-12/h3-6,11,14H,7-10,16H2,1-2H3. The van der Waals surface area contributed by atoms with Gasteiger partial charge in [0.25, 0.3) is 0 Å². The summed E-state index contributed by atoms with van der Waals surface area (Å²) in [7, 11) is 2.14. The summed E-state index contributed by atoms with van der Waals surface area (Å²) in [5.74, 6) is -0.194. The monoisotopic (exact) mass is 251 g/mol. The highest BCUT2D eigenvalue weighted by atomic mass is 19.1. The van der Waals surface area contributed by atoms with E-state index in [0.29, 0.717) is 12.6 Å². The lowest BCUT2D eigenvalue weighted by Crippen LogP contribution is -2.52. The third-order valence-electron chi connectivity index (χ3n) is 3.76. The molecule has 0 saturated carbocycles.